The van der Waals surface area contributed by atoms with Crippen molar-refractivity contribution < 1.29 is 4.92 Å². The van der Waals surface area contributed by atoms with E-state index in [4.69, 9.17) is 5.73 Å². The number of nitrogens with zero attached hydrogens (tertiary/aromatic N) is 3. The third kappa shape index (κ3) is 2.55. The van der Waals surface area contributed by atoms with Gasteiger partial charge in [0.15, 0.2) is 0 Å². The summed E-state index contributed by atoms with van der Waals surface area (Å²) in [5.74, 6) is 0.291. The van der Waals surface area contributed by atoms with Crippen LogP contribution in [0.2, 0.25) is 0 Å². The van der Waals surface area contributed by atoms with E-state index in [1.807, 2.05) is 0 Å². The molecule has 2 aromatic rings. The van der Waals surface area contributed by atoms with Crippen molar-refractivity contribution in [2.45, 2.75) is 13.5 Å². The predicted octanol–water partition coefficient (Wildman–Crippen LogP) is 1.85. The highest BCUT2D eigenvalue weighted by Crippen LogP contribution is 2.22. The van der Waals surface area contributed by atoms with Gasteiger partial charge in [-0.25, -0.2) is 4.98 Å². The number of aromatic nitrogens is 2. The molecule has 0 aliphatic carbocycles. The minimum absolute atomic E-state index is 0.123. The van der Waals surface area contributed by atoms with Crippen LogP contribution in [0.15, 0.2) is 33.8 Å². The van der Waals surface area contributed by atoms with E-state index in [-0.39, 0.29) is 22.3 Å². The lowest BCUT2D eigenvalue weighted by molar-refractivity contribution is -0.386. The van der Waals surface area contributed by atoms with E-state index >= 15 is 0 Å². The normalized spacial score (nSPS) is 10.5. The number of nitrogen functional groups attached to an aromatic ring is 1. The van der Waals surface area contributed by atoms with E-state index in [9.17, 15) is 14.9 Å². The SMILES string of the molecule is Cc1c([N+](=O)[O-])cn(Cc2cccnc2N)c(=O)c1Br. The maximum Gasteiger partial charge on any atom is 0.289 e. The zero-order valence-corrected chi connectivity index (χ0v) is 12.1. The molecule has 0 atom stereocenters. The maximum atomic E-state index is 12.1. The molecule has 8 heteroatoms. The fourth-order valence-corrected chi connectivity index (χ4v) is 2.20. The highest BCUT2D eigenvalue weighted by molar-refractivity contribution is 9.10. The Morgan fingerprint density at radius 2 is 2.25 bits per heavy atom. The highest BCUT2D eigenvalue weighted by Gasteiger charge is 2.18. The largest absolute Gasteiger partial charge is 0.383 e. The summed E-state index contributed by atoms with van der Waals surface area (Å²) in [4.78, 5) is 26.5. The monoisotopic (exact) mass is 338 g/mol. The summed E-state index contributed by atoms with van der Waals surface area (Å²) in [6.45, 7) is 1.64. The average Bonchev–Trinajstić information content (AvgIpc) is 2.41. The first-order valence-electron chi connectivity index (χ1n) is 5.65. The summed E-state index contributed by atoms with van der Waals surface area (Å²) in [7, 11) is 0. The van der Waals surface area contributed by atoms with Gasteiger partial charge in [0.05, 0.1) is 22.1 Å². The van der Waals surface area contributed by atoms with E-state index in [0.717, 1.165) is 0 Å². The summed E-state index contributed by atoms with van der Waals surface area (Å²) in [5, 5.41) is 11.0. The Hall–Kier alpha value is -2.22. The molecule has 7 nitrogen and oxygen atoms in total. The molecular formula is C12H11BrN4O3. The lowest BCUT2D eigenvalue weighted by atomic mass is 10.2. The molecule has 0 aliphatic heterocycles. The molecule has 2 aromatic heterocycles. The van der Waals surface area contributed by atoms with Crippen LogP contribution >= 0.6 is 15.9 Å². The Labute approximate surface area is 122 Å². The maximum absolute atomic E-state index is 12.1. The van der Waals surface area contributed by atoms with Gasteiger partial charge in [-0.2, -0.15) is 0 Å². The van der Waals surface area contributed by atoms with Crippen molar-refractivity contribution in [1.82, 2.24) is 9.55 Å². The topological polar surface area (TPSA) is 104 Å². The van der Waals surface area contributed by atoms with Gasteiger partial charge >= 0.3 is 0 Å². The zero-order chi connectivity index (χ0) is 14.9. The minimum atomic E-state index is -0.525. The number of anilines is 1. The van der Waals surface area contributed by atoms with E-state index in [1.54, 1.807) is 12.1 Å². The van der Waals surface area contributed by atoms with Crippen molar-refractivity contribution in [2.75, 3.05) is 5.73 Å². The number of pyridine rings is 2. The second kappa shape index (κ2) is 5.41. The van der Waals surface area contributed by atoms with E-state index in [1.165, 1.54) is 23.9 Å². The molecular weight excluding hydrogens is 328 g/mol. The number of halogens is 1. The molecule has 2 N–H and O–H groups in total. The Kier molecular flexibility index (Phi) is 3.84. The lowest BCUT2D eigenvalue weighted by Crippen LogP contribution is -2.23. The van der Waals surface area contributed by atoms with Crippen LogP contribution in [-0.4, -0.2) is 14.5 Å². The predicted molar refractivity (Wildman–Crippen MR) is 77.5 cm³/mol. The molecule has 0 radical (unpaired) electrons. The minimum Gasteiger partial charge on any atom is -0.383 e. The average molecular weight is 339 g/mol. The van der Waals surface area contributed by atoms with Gasteiger partial charge in [-0.05, 0) is 28.9 Å². The molecule has 0 spiro atoms. The van der Waals surface area contributed by atoms with Crippen molar-refractivity contribution in [3.05, 3.63) is 60.6 Å². The van der Waals surface area contributed by atoms with Crippen molar-refractivity contribution in [3.63, 3.8) is 0 Å². The fraction of sp³-hybridized carbons (Fsp3) is 0.167. The molecule has 0 fully saturated rings. The van der Waals surface area contributed by atoms with Crippen LogP contribution in [0.5, 0.6) is 0 Å². The summed E-state index contributed by atoms with van der Waals surface area (Å²) >= 11 is 3.10. The first-order valence-corrected chi connectivity index (χ1v) is 6.44. The first-order chi connectivity index (χ1) is 9.41. The molecule has 0 aliphatic rings. The Bertz CT molecular complexity index is 742. The van der Waals surface area contributed by atoms with Gasteiger partial charge in [0.1, 0.15) is 5.82 Å². The summed E-state index contributed by atoms with van der Waals surface area (Å²) in [5.41, 5.74) is 6.16. The summed E-state index contributed by atoms with van der Waals surface area (Å²) in [6, 6.07) is 3.41. The van der Waals surface area contributed by atoms with Crippen molar-refractivity contribution in [1.29, 1.82) is 0 Å². The molecule has 0 aromatic carbocycles. The molecule has 2 rings (SSSR count). The van der Waals surface area contributed by atoms with Crippen molar-refractivity contribution >= 4 is 27.4 Å². The second-order valence-electron chi connectivity index (χ2n) is 4.19. The second-order valence-corrected chi connectivity index (χ2v) is 4.98. The smallest absolute Gasteiger partial charge is 0.289 e. The third-order valence-corrected chi connectivity index (χ3v) is 3.84. The summed E-state index contributed by atoms with van der Waals surface area (Å²) < 4.78 is 1.41. The Balaban J connectivity index is 2.56. The van der Waals surface area contributed by atoms with Gasteiger partial charge in [-0.1, -0.05) is 6.07 Å². The molecule has 20 heavy (non-hydrogen) atoms. The van der Waals surface area contributed by atoms with Gasteiger partial charge < -0.3 is 10.3 Å². The number of rotatable bonds is 3. The Morgan fingerprint density at radius 1 is 1.55 bits per heavy atom. The van der Waals surface area contributed by atoms with E-state index < -0.39 is 4.92 Å². The van der Waals surface area contributed by atoms with Crippen LogP contribution in [0.1, 0.15) is 11.1 Å². The van der Waals surface area contributed by atoms with Gasteiger partial charge in [0.2, 0.25) is 0 Å². The molecule has 0 bridgehead atoms. The van der Waals surface area contributed by atoms with Crippen LogP contribution in [0.4, 0.5) is 11.5 Å². The molecule has 104 valence electrons. The Morgan fingerprint density at radius 3 is 2.85 bits per heavy atom. The van der Waals surface area contributed by atoms with Crippen LogP contribution in [-0.2, 0) is 6.54 Å². The van der Waals surface area contributed by atoms with Gasteiger partial charge in [-0.15, -0.1) is 0 Å². The van der Waals surface area contributed by atoms with Crippen molar-refractivity contribution in [2.24, 2.45) is 0 Å². The quantitative estimate of drug-likeness (QED) is 0.679. The van der Waals surface area contributed by atoms with Crippen LogP contribution in [0.3, 0.4) is 0 Å². The first kappa shape index (κ1) is 14.2. The number of hydrogen-bond acceptors (Lipinski definition) is 5. The number of nitro groups is 1. The van der Waals surface area contributed by atoms with Crippen molar-refractivity contribution in [3.8, 4) is 0 Å². The standard InChI is InChI=1S/C12H11BrN4O3/c1-7-9(17(19)20)6-16(12(18)10(7)13)5-8-3-2-4-15-11(8)14/h2-4,6H,5H2,1H3,(H2,14,15). The molecule has 0 amide bonds. The zero-order valence-electron chi connectivity index (χ0n) is 10.5. The fourth-order valence-electron chi connectivity index (χ4n) is 1.77. The van der Waals surface area contributed by atoms with Crippen LogP contribution in [0.25, 0.3) is 0 Å². The number of nitrogens with two attached hydrogens (primary N) is 1. The highest BCUT2D eigenvalue weighted by atomic mass is 79.9. The van der Waals surface area contributed by atoms with E-state index in [2.05, 4.69) is 20.9 Å². The molecule has 0 unspecified atom stereocenters. The van der Waals surface area contributed by atoms with Gasteiger partial charge in [-0.3, -0.25) is 14.9 Å². The van der Waals surface area contributed by atoms with E-state index in [0.29, 0.717) is 16.9 Å². The molecule has 2 heterocycles. The lowest BCUT2D eigenvalue weighted by Gasteiger charge is -2.09. The third-order valence-electron chi connectivity index (χ3n) is 2.90. The summed E-state index contributed by atoms with van der Waals surface area (Å²) in [6.07, 6.45) is 2.75. The van der Waals surface area contributed by atoms with Gasteiger partial charge in [0.25, 0.3) is 11.2 Å². The molecule has 0 saturated heterocycles. The van der Waals surface area contributed by atoms with Crippen LogP contribution < -0.4 is 11.3 Å². The van der Waals surface area contributed by atoms with Crippen LogP contribution in [0, 0.1) is 17.0 Å². The van der Waals surface area contributed by atoms with Gasteiger partial charge in [0, 0.05) is 17.3 Å². The molecule has 0 saturated carbocycles. The number of hydrogen-bond donors (Lipinski definition) is 1.